The van der Waals surface area contributed by atoms with Crippen LogP contribution in [0.2, 0.25) is 48.8 Å². The molecule has 4 atom stereocenters. The van der Waals surface area contributed by atoms with E-state index in [0.29, 0.717) is 48.1 Å². The molecule has 3 aliphatic rings. The quantitative estimate of drug-likeness (QED) is 0.132. The molecular weight excluding hydrogens is 672 g/mol. The zero-order chi connectivity index (χ0) is 35.0. The van der Waals surface area contributed by atoms with Crippen LogP contribution in [-0.2, 0) is 25.4 Å². The third-order valence-electron chi connectivity index (χ3n) is 10.3. The van der Waals surface area contributed by atoms with Gasteiger partial charge in [-0.15, -0.1) is 0 Å². The number of nitrogens with one attached hydrogen (secondary N) is 1. The third kappa shape index (κ3) is 8.62. The summed E-state index contributed by atoms with van der Waals surface area (Å²) in [7, 11) is -3.27. The van der Waals surface area contributed by atoms with Crippen LogP contribution in [-0.4, -0.2) is 88.3 Å². The second-order valence-corrected chi connectivity index (χ2v) is 27.2. The molecule has 2 aromatic heterocycles. The van der Waals surface area contributed by atoms with Crippen molar-refractivity contribution in [1.29, 1.82) is 0 Å². The zero-order valence-electron chi connectivity index (χ0n) is 30.4. The molecule has 6 rings (SSSR count). The highest BCUT2D eigenvalue weighted by Gasteiger charge is 2.52. The van der Waals surface area contributed by atoms with Gasteiger partial charge in [0.1, 0.15) is 18.9 Å². The van der Waals surface area contributed by atoms with Crippen LogP contribution < -0.4 is 10.1 Å². The summed E-state index contributed by atoms with van der Waals surface area (Å²) in [6, 6.07) is 11.5. The fourth-order valence-electron chi connectivity index (χ4n) is 6.14. The monoisotopic (exact) mass is 724 g/mol. The Bertz CT molecular complexity index is 1670. The van der Waals surface area contributed by atoms with Gasteiger partial charge in [0.25, 0.3) is 0 Å². The number of hydrogen-bond acceptors (Lipinski definition) is 8. The van der Waals surface area contributed by atoms with Gasteiger partial charge in [0, 0.05) is 31.7 Å². The lowest BCUT2D eigenvalue weighted by Crippen LogP contribution is -2.47. The molecule has 3 aliphatic heterocycles. The molecule has 49 heavy (non-hydrogen) atoms. The summed E-state index contributed by atoms with van der Waals surface area (Å²) in [6.07, 6.45) is 1.30. The van der Waals surface area contributed by atoms with Gasteiger partial charge in [-0.3, -0.25) is 4.57 Å². The number of pyridine rings is 1. The molecule has 1 aromatic carbocycles. The maximum atomic E-state index is 6.92. The Morgan fingerprint density at radius 3 is 2.33 bits per heavy atom. The number of fused-ring (bicyclic) bond motifs is 2. The third-order valence-corrected chi connectivity index (χ3v) is 16.8. The van der Waals surface area contributed by atoms with Crippen LogP contribution in [0.15, 0.2) is 30.3 Å². The average Bonchev–Trinajstić information content (AvgIpc) is 3.72. The Hall–Kier alpha value is -2.28. The van der Waals surface area contributed by atoms with E-state index in [1.54, 1.807) is 0 Å². The van der Waals surface area contributed by atoms with Crippen molar-refractivity contribution in [2.75, 3.05) is 32.9 Å². The molecule has 0 aliphatic carbocycles. The largest absolute Gasteiger partial charge is 0.456 e. The minimum atomic E-state index is -2.00. The molecular formula is C37H53ClN4O5Si2. The normalized spacial score (nSPS) is 23.4. The van der Waals surface area contributed by atoms with E-state index in [2.05, 4.69) is 70.7 Å². The van der Waals surface area contributed by atoms with Gasteiger partial charge >= 0.3 is 6.01 Å². The van der Waals surface area contributed by atoms with E-state index in [9.17, 15) is 0 Å². The molecule has 0 saturated carbocycles. The molecule has 266 valence electrons. The van der Waals surface area contributed by atoms with Gasteiger partial charge in [-0.05, 0) is 68.3 Å². The van der Waals surface area contributed by atoms with Crippen LogP contribution in [0.5, 0.6) is 6.01 Å². The van der Waals surface area contributed by atoms with Crippen molar-refractivity contribution >= 4 is 39.2 Å². The molecule has 0 radical (unpaired) electrons. The van der Waals surface area contributed by atoms with E-state index in [1.165, 1.54) is 0 Å². The lowest BCUT2D eigenvalue weighted by atomic mass is 9.98. The van der Waals surface area contributed by atoms with Crippen LogP contribution in [0.1, 0.15) is 39.2 Å². The van der Waals surface area contributed by atoms with Crippen molar-refractivity contribution in [2.45, 2.75) is 109 Å². The number of benzene rings is 1. The van der Waals surface area contributed by atoms with Crippen LogP contribution in [0.3, 0.4) is 0 Å². The Balaban J connectivity index is 1.23. The van der Waals surface area contributed by atoms with Crippen molar-refractivity contribution in [2.24, 2.45) is 5.92 Å². The summed E-state index contributed by atoms with van der Waals surface area (Å²) in [4.78, 5) is 9.84. The van der Waals surface area contributed by atoms with Crippen LogP contribution in [0.4, 0.5) is 0 Å². The standard InChI is InChI=1S/C37H53ClN4O5Si2/c1-37(2,3)49(7,8)47-31-23-45-33-30(22-44-34(31)33)46-36-41-35-29(42(36)24-43-19-20-48(4,5)6)21-28(38)32(40-35)27-13-11-25(12-14-27)9-10-26-15-17-39-18-16-26/h11-14,21,26,30-31,33-34,39H,15-20,22-24H2,1-8H3/t30-,31?,33-,34-/m1/s1. The average molecular weight is 725 g/mol. The van der Waals surface area contributed by atoms with Crippen molar-refractivity contribution in [3.63, 3.8) is 0 Å². The predicted molar refractivity (Wildman–Crippen MR) is 201 cm³/mol. The Labute approximate surface area is 298 Å². The molecule has 1 unspecified atom stereocenters. The van der Waals surface area contributed by atoms with E-state index in [4.69, 9.17) is 44.9 Å². The molecule has 12 heteroatoms. The fourth-order valence-corrected chi connectivity index (χ4v) is 8.46. The summed E-state index contributed by atoms with van der Waals surface area (Å²) < 4.78 is 34.0. The minimum Gasteiger partial charge on any atom is -0.456 e. The second-order valence-electron chi connectivity index (χ2n) is 16.4. The van der Waals surface area contributed by atoms with Crippen molar-refractivity contribution in [3.05, 3.63) is 40.9 Å². The molecule has 0 bridgehead atoms. The smallest absolute Gasteiger partial charge is 0.301 e. The minimum absolute atomic E-state index is 0.0931. The van der Waals surface area contributed by atoms with Gasteiger partial charge in [0.15, 0.2) is 20.1 Å². The van der Waals surface area contributed by atoms with E-state index >= 15 is 0 Å². The zero-order valence-corrected chi connectivity index (χ0v) is 33.2. The summed E-state index contributed by atoms with van der Waals surface area (Å²) in [5.74, 6) is 7.24. The number of nitrogens with zero attached hydrogens (tertiary/aromatic N) is 3. The van der Waals surface area contributed by atoms with E-state index < -0.39 is 16.4 Å². The molecule has 1 N–H and O–H groups in total. The summed E-state index contributed by atoms with van der Waals surface area (Å²) in [5, 5.41) is 4.02. The number of piperidine rings is 1. The number of hydrogen-bond donors (Lipinski definition) is 1. The van der Waals surface area contributed by atoms with Gasteiger partial charge in [0.2, 0.25) is 0 Å². The first-order valence-corrected chi connectivity index (χ1v) is 24.7. The van der Waals surface area contributed by atoms with Crippen molar-refractivity contribution < 1.29 is 23.4 Å². The molecule has 3 fully saturated rings. The number of rotatable bonds is 10. The summed E-state index contributed by atoms with van der Waals surface area (Å²) in [6.45, 7) is 22.2. The van der Waals surface area contributed by atoms with Crippen LogP contribution in [0, 0.1) is 17.8 Å². The van der Waals surface area contributed by atoms with Gasteiger partial charge in [0.05, 0.1) is 35.6 Å². The van der Waals surface area contributed by atoms with E-state index in [-0.39, 0.29) is 36.2 Å². The number of aromatic nitrogens is 3. The Kier molecular flexibility index (Phi) is 11.0. The molecule has 5 heterocycles. The highest BCUT2D eigenvalue weighted by molar-refractivity contribution is 6.76. The maximum absolute atomic E-state index is 6.92. The van der Waals surface area contributed by atoms with Crippen molar-refractivity contribution in [3.8, 4) is 29.1 Å². The highest BCUT2D eigenvalue weighted by Crippen LogP contribution is 2.41. The first-order valence-electron chi connectivity index (χ1n) is 17.7. The van der Waals surface area contributed by atoms with Crippen LogP contribution >= 0.6 is 11.6 Å². The molecule has 0 spiro atoms. The van der Waals surface area contributed by atoms with Gasteiger partial charge in [-0.1, -0.05) is 76.0 Å². The predicted octanol–water partition coefficient (Wildman–Crippen LogP) is 7.35. The van der Waals surface area contributed by atoms with E-state index in [0.717, 1.165) is 48.6 Å². The van der Waals surface area contributed by atoms with Crippen molar-refractivity contribution in [1.82, 2.24) is 19.9 Å². The first-order chi connectivity index (χ1) is 23.2. The van der Waals surface area contributed by atoms with E-state index in [1.807, 2.05) is 34.9 Å². The second kappa shape index (κ2) is 14.8. The summed E-state index contributed by atoms with van der Waals surface area (Å²) >= 11 is 6.92. The molecule has 9 nitrogen and oxygen atoms in total. The van der Waals surface area contributed by atoms with Gasteiger partial charge in [-0.2, -0.15) is 4.98 Å². The Morgan fingerprint density at radius 2 is 1.65 bits per heavy atom. The SMILES string of the molecule is CC(C)(C)[Si](C)(C)OC1CO[C@H]2[C@@H]1OC[C@H]2Oc1nc2nc(-c3ccc(C#CC4CCNCC4)cc3)c(Cl)cc2n1COCC[Si](C)(C)C. The van der Waals surface area contributed by atoms with Gasteiger partial charge < -0.3 is 28.7 Å². The number of halogens is 1. The molecule has 3 aromatic rings. The highest BCUT2D eigenvalue weighted by atomic mass is 35.5. The number of ether oxygens (including phenoxy) is 4. The van der Waals surface area contributed by atoms with Crippen LogP contribution in [0.25, 0.3) is 22.4 Å². The lowest BCUT2D eigenvalue weighted by Gasteiger charge is -2.39. The molecule has 0 amide bonds. The first kappa shape index (κ1) is 36.5. The maximum Gasteiger partial charge on any atom is 0.301 e. The number of imidazole rings is 1. The molecule has 3 saturated heterocycles. The van der Waals surface area contributed by atoms with Gasteiger partial charge in [-0.25, -0.2) is 4.98 Å². The topological polar surface area (TPSA) is 88.9 Å². The lowest BCUT2D eigenvalue weighted by molar-refractivity contribution is 0.00691. The fraction of sp³-hybridized carbons (Fsp3) is 0.622. The Morgan fingerprint density at radius 1 is 0.980 bits per heavy atom. The summed E-state index contributed by atoms with van der Waals surface area (Å²) in [5.41, 5.74) is 3.85.